The van der Waals surface area contributed by atoms with Gasteiger partial charge in [0, 0.05) is 12.4 Å². The van der Waals surface area contributed by atoms with Gasteiger partial charge in [-0.15, -0.1) is 11.8 Å². The fraction of sp³-hybridized carbons (Fsp3) is 0.750. The van der Waals surface area contributed by atoms with Crippen molar-refractivity contribution in [3.05, 3.63) is 11.3 Å². The number of amides is 1. The molecular weight excluding hydrogens is 316 g/mol. The van der Waals surface area contributed by atoms with Gasteiger partial charge in [0.2, 0.25) is 5.91 Å². The molecule has 0 aliphatic carbocycles. The highest BCUT2D eigenvalue weighted by Gasteiger charge is 2.53. The van der Waals surface area contributed by atoms with Crippen molar-refractivity contribution in [3.63, 3.8) is 0 Å². The van der Waals surface area contributed by atoms with Gasteiger partial charge in [-0.3, -0.25) is 9.69 Å². The van der Waals surface area contributed by atoms with E-state index in [1.165, 1.54) is 4.90 Å². The molecule has 3 aliphatic heterocycles. The first-order valence-electron chi connectivity index (χ1n) is 8.08. The largest absolute Gasteiger partial charge is 0.455 e. The van der Waals surface area contributed by atoms with Crippen molar-refractivity contribution in [1.82, 2.24) is 4.90 Å². The third-order valence-electron chi connectivity index (χ3n) is 4.20. The molecule has 0 spiro atoms. The summed E-state index contributed by atoms with van der Waals surface area (Å²) in [5.74, 6) is -0.00918. The van der Waals surface area contributed by atoms with Gasteiger partial charge in [0.05, 0.1) is 6.10 Å². The predicted molar refractivity (Wildman–Crippen MR) is 87.5 cm³/mol. The van der Waals surface area contributed by atoms with E-state index in [1.54, 1.807) is 11.8 Å². The van der Waals surface area contributed by atoms with Crippen LogP contribution in [-0.4, -0.2) is 52.3 Å². The Balaban J connectivity index is 1.94. The molecule has 0 saturated carbocycles. The van der Waals surface area contributed by atoms with E-state index in [0.717, 1.165) is 24.8 Å². The summed E-state index contributed by atoms with van der Waals surface area (Å²) in [6.07, 6.45) is 2.87. The molecule has 2 N–H and O–H groups in total. The lowest BCUT2D eigenvalue weighted by Crippen LogP contribution is -2.69. The number of carbonyl (C=O) groups excluding carboxylic acids is 2. The van der Waals surface area contributed by atoms with Gasteiger partial charge in [0.1, 0.15) is 22.7 Å². The van der Waals surface area contributed by atoms with Crippen LogP contribution < -0.4 is 5.73 Å². The second kappa shape index (κ2) is 6.11. The van der Waals surface area contributed by atoms with Crippen LogP contribution in [0.1, 0.15) is 40.0 Å². The van der Waals surface area contributed by atoms with Crippen LogP contribution in [0.2, 0.25) is 0 Å². The minimum absolute atomic E-state index is 0.107. The SMILES string of the molecule is CC(C)(C)OC(=O)C1=C([C@@H]2CCCCO2)CS[C@@H]2[C@H](N)C(=O)N12. The number of hydrogen-bond donors (Lipinski definition) is 1. The Bertz CT molecular complexity index is 549. The fourth-order valence-electron chi connectivity index (χ4n) is 3.12. The standard InChI is InChI=1S/C16H24N2O4S/c1-16(2,3)22-15(20)12-9(10-6-4-5-7-21-10)8-23-14-11(17)13(19)18(12)14/h10-11,14H,4-8,17H2,1-3H3/t10-,11+,14+/m0/s1. The summed E-state index contributed by atoms with van der Waals surface area (Å²) in [4.78, 5) is 26.5. The molecule has 6 nitrogen and oxygen atoms in total. The summed E-state index contributed by atoms with van der Waals surface area (Å²) < 4.78 is 11.4. The lowest BCUT2D eigenvalue weighted by molar-refractivity contribution is -0.158. The van der Waals surface area contributed by atoms with E-state index in [4.69, 9.17) is 15.2 Å². The summed E-state index contributed by atoms with van der Waals surface area (Å²) in [5, 5.41) is -0.169. The topological polar surface area (TPSA) is 81.9 Å². The first-order valence-corrected chi connectivity index (χ1v) is 9.13. The molecule has 23 heavy (non-hydrogen) atoms. The lowest BCUT2D eigenvalue weighted by atomic mass is 9.97. The van der Waals surface area contributed by atoms with Crippen LogP contribution in [-0.2, 0) is 19.1 Å². The second-order valence-corrected chi connectivity index (χ2v) is 8.27. The van der Waals surface area contributed by atoms with E-state index in [-0.39, 0.29) is 17.4 Å². The summed E-state index contributed by atoms with van der Waals surface area (Å²) in [5.41, 5.74) is 6.50. The molecule has 2 fully saturated rings. The molecule has 3 atom stereocenters. The quantitative estimate of drug-likeness (QED) is 0.604. The summed E-state index contributed by atoms with van der Waals surface area (Å²) in [6, 6.07) is -0.536. The summed E-state index contributed by atoms with van der Waals surface area (Å²) >= 11 is 1.60. The first-order chi connectivity index (χ1) is 10.8. The van der Waals surface area contributed by atoms with Crippen molar-refractivity contribution in [2.45, 2.75) is 63.2 Å². The normalized spacial score (nSPS) is 31.6. The molecule has 7 heteroatoms. The molecule has 0 aromatic rings. The van der Waals surface area contributed by atoms with Crippen LogP contribution in [0.15, 0.2) is 11.3 Å². The van der Waals surface area contributed by atoms with E-state index in [2.05, 4.69) is 0 Å². The van der Waals surface area contributed by atoms with Crippen molar-refractivity contribution in [2.24, 2.45) is 5.73 Å². The van der Waals surface area contributed by atoms with Crippen molar-refractivity contribution in [1.29, 1.82) is 0 Å². The number of nitrogens with zero attached hydrogens (tertiary/aromatic N) is 1. The Morgan fingerprint density at radius 2 is 2.13 bits per heavy atom. The number of carbonyl (C=O) groups is 2. The van der Waals surface area contributed by atoms with Gasteiger partial charge in [0.25, 0.3) is 0 Å². The molecule has 3 rings (SSSR count). The lowest BCUT2D eigenvalue weighted by Gasteiger charge is -2.49. The Kier molecular flexibility index (Phi) is 4.46. The van der Waals surface area contributed by atoms with E-state index < -0.39 is 17.6 Å². The molecule has 0 aromatic carbocycles. The summed E-state index contributed by atoms with van der Waals surface area (Å²) in [7, 11) is 0. The zero-order valence-electron chi connectivity index (χ0n) is 13.8. The second-order valence-electron chi connectivity index (χ2n) is 7.17. The Hall–Kier alpha value is -1.05. The fourth-order valence-corrected chi connectivity index (χ4v) is 4.47. The van der Waals surface area contributed by atoms with Crippen LogP contribution in [0.4, 0.5) is 0 Å². The molecule has 1 amide bonds. The van der Waals surface area contributed by atoms with E-state index in [0.29, 0.717) is 18.1 Å². The number of nitrogens with two attached hydrogens (primary N) is 1. The van der Waals surface area contributed by atoms with Gasteiger partial charge in [-0.1, -0.05) is 0 Å². The zero-order valence-corrected chi connectivity index (χ0v) is 14.6. The Labute approximate surface area is 140 Å². The molecule has 2 saturated heterocycles. The molecule has 0 bridgehead atoms. The Morgan fingerprint density at radius 1 is 1.39 bits per heavy atom. The maximum absolute atomic E-state index is 12.7. The Morgan fingerprint density at radius 3 is 2.74 bits per heavy atom. The monoisotopic (exact) mass is 340 g/mol. The van der Waals surface area contributed by atoms with Crippen LogP contribution in [0.3, 0.4) is 0 Å². The molecular formula is C16H24N2O4S. The van der Waals surface area contributed by atoms with Crippen LogP contribution >= 0.6 is 11.8 Å². The number of rotatable bonds is 2. The number of hydrogen-bond acceptors (Lipinski definition) is 6. The third-order valence-corrected chi connectivity index (χ3v) is 5.52. The maximum atomic E-state index is 12.7. The molecule has 0 radical (unpaired) electrons. The van der Waals surface area contributed by atoms with Gasteiger partial charge >= 0.3 is 5.97 Å². The highest BCUT2D eigenvalue weighted by Crippen LogP contribution is 2.42. The number of fused-ring (bicyclic) bond motifs is 1. The van der Waals surface area contributed by atoms with Gasteiger partial charge in [-0.2, -0.15) is 0 Å². The van der Waals surface area contributed by atoms with Crippen molar-refractivity contribution in [2.75, 3.05) is 12.4 Å². The average molecular weight is 340 g/mol. The highest BCUT2D eigenvalue weighted by atomic mass is 32.2. The minimum Gasteiger partial charge on any atom is -0.455 e. The number of ether oxygens (including phenoxy) is 2. The summed E-state index contributed by atoms with van der Waals surface area (Å²) in [6.45, 7) is 6.15. The number of thioether (sulfide) groups is 1. The first kappa shape index (κ1) is 16.8. The van der Waals surface area contributed by atoms with Crippen LogP contribution in [0.25, 0.3) is 0 Å². The smallest absolute Gasteiger partial charge is 0.355 e. The van der Waals surface area contributed by atoms with E-state index in [1.807, 2.05) is 20.8 Å². The molecule has 3 heterocycles. The third kappa shape index (κ3) is 3.14. The van der Waals surface area contributed by atoms with Crippen molar-refractivity contribution >= 4 is 23.6 Å². The zero-order chi connectivity index (χ0) is 16.8. The van der Waals surface area contributed by atoms with E-state index in [9.17, 15) is 9.59 Å². The van der Waals surface area contributed by atoms with Gasteiger partial charge in [-0.25, -0.2) is 4.79 Å². The van der Waals surface area contributed by atoms with Gasteiger partial charge in [0.15, 0.2) is 0 Å². The molecule has 3 aliphatic rings. The predicted octanol–water partition coefficient (Wildman–Crippen LogP) is 1.39. The molecule has 128 valence electrons. The van der Waals surface area contributed by atoms with Gasteiger partial charge in [-0.05, 0) is 45.6 Å². The molecule has 0 aromatic heterocycles. The van der Waals surface area contributed by atoms with Crippen LogP contribution in [0, 0.1) is 0 Å². The van der Waals surface area contributed by atoms with E-state index >= 15 is 0 Å². The number of esters is 1. The highest BCUT2D eigenvalue weighted by molar-refractivity contribution is 8.00. The maximum Gasteiger partial charge on any atom is 0.355 e. The minimum atomic E-state index is -0.612. The van der Waals surface area contributed by atoms with Gasteiger partial charge < -0.3 is 15.2 Å². The molecule has 0 unspecified atom stereocenters. The van der Waals surface area contributed by atoms with Crippen LogP contribution in [0.5, 0.6) is 0 Å². The van der Waals surface area contributed by atoms with Crippen molar-refractivity contribution in [3.8, 4) is 0 Å². The van der Waals surface area contributed by atoms with Crippen molar-refractivity contribution < 1.29 is 19.1 Å². The number of β-lactam (4-membered cyclic amide) rings is 1. The average Bonchev–Trinajstić information content (AvgIpc) is 2.51.